The molecule has 3 heterocycles. The Morgan fingerprint density at radius 1 is 1.19 bits per heavy atom. The molecule has 1 N–H and O–H groups in total. The number of piperazine rings is 1. The Bertz CT molecular complexity index is 821. The minimum Gasteiger partial charge on any atom is -0.351 e. The molecule has 0 radical (unpaired) electrons. The van der Waals surface area contributed by atoms with Gasteiger partial charge in [-0.05, 0) is 25.1 Å². The Balaban J connectivity index is 2.02. The molecule has 108 valence electrons. The van der Waals surface area contributed by atoms with Gasteiger partial charge in [-0.25, -0.2) is 14.5 Å². The molecule has 0 saturated carbocycles. The lowest BCUT2D eigenvalue weighted by Crippen LogP contribution is -2.44. The SMILES string of the molecule is Cc1nc2c(N3CCNCC3)nc3ccc(Br)cc3n2n1. The summed E-state index contributed by atoms with van der Waals surface area (Å²) in [6.45, 7) is 5.74. The average molecular weight is 347 g/mol. The quantitative estimate of drug-likeness (QED) is 0.727. The number of rotatable bonds is 1. The first kappa shape index (κ1) is 13.0. The largest absolute Gasteiger partial charge is 0.351 e. The first-order valence-corrected chi connectivity index (χ1v) is 7.80. The molecule has 7 heteroatoms. The zero-order valence-corrected chi connectivity index (χ0v) is 13.3. The van der Waals surface area contributed by atoms with Crippen molar-refractivity contribution in [2.45, 2.75) is 6.92 Å². The van der Waals surface area contributed by atoms with Crippen molar-refractivity contribution in [1.82, 2.24) is 24.9 Å². The Hall–Kier alpha value is -1.73. The molecule has 0 spiro atoms. The molecular weight excluding hydrogens is 332 g/mol. The highest BCUT2D eigenvalue weighted by molar-refractivity contribution is 9.10. The normalized spacial score (nSPS) is 16.0. The minimum atomic E-state index is 0.764. The number of halogens is 1. The van der Waals surface area contributed by atoms with E-state index in [-0.39, 0.29) is 0 Å². The van der Waals surface area contributed by atoms with Crippen LogP contribution in [0, 0.1) is 6.92 Å². The van der Waals surface area contributed by atoms with E-state index in [1.165, 1.54) is 0 Å². The van der Waals surface area contributed by atoms with Crippen LogP contribution in [0.1, 0.15) is 5.82 Å². The molecule has 0 amide bonds. The number of anilines is 1. The van der Waals surface area contributed by atoms with Gasteiger partial charge in [0.05, 0.1) is 11.0 Å². The lowest BCUT2D eigenvalue weighted by Gasteiger charge is -2.28. The van der Waals surface area contributed by atoms with E-state index in [0.29, 0.717) is 0 Å². The van der Waals surface area contributed by atoms with Gasteiger partial charge in [-0.3, -0.25) is 0 Å². The van der Waals surface area contributed by atoms with Gasteiger partial charge in [0.25, 0.3) is 0 Å². The number of hydrogen-bond acceptors (Lipinski definition) is 5. The summed E-state index contributed by atoms with van der Waals surface area (Å²) in [5.74, 6) is 1.69. The predicted octanol–water partition coefficient (Wildman–Crippen LogP) is 1.76. The van der Waals surface area contributed by atoms with Crippen LogP contribution >= 0.6 is 15.9 Å². The molecule has 0 aliphatic carbocycles. The molecule has 1 aromatic carbocycles. The van der Waals surface area contributed by atoms with Crippen LogP contribution in [-0.2, 0) is 0 Å². The zero-order chi connectivity index (χ0) is 14.4. The van der Waals surface area contributed by atoms with Crippen molar-refractivity contribution < 1.29 is 0 Å². The molecule has 0 atom stereocenters. The molecule has 0 unspecified atom stereocenters. The summed E-state index contributed by atoms with van der Waals surface area (Å²) in [5.41, 5.74) is 2.74. The maximum Gasteiger partial charge on any atom is 0.199 e. The summed E-state index contributed by atoms with van der Waals surface area (Å²) in [5, 5.41) is 7.90. The van der Waals surface area contributed by atoms with Gasteiger partial charge < -0.3 is 10.2 Å². The fraction of sp³-hybridized carbons (Fsp3) is 0.357. The fourth-order valence-electron chi connectivity index (χ4n) is 2.74. The summed E-state index contributed by atoms with van der Waals surface area (Å²) >= 11 is 3.51. The Labute approximate surface area is 130 Å². The minimum absolute atomic E-state index is 0.764. The van der Waals surface area contributed by atoms with Gasteiger partial charge in [-0.1, -0.05) is 15.9 Å². The molecule has 6 nitrogen and oxygen atoms in total. The molecule has 3 aromatic rings. The van der Waals surface area contributed by atoms with Gasteiger partial charge in [0.1, 0.15) is 5.82 Å². The van der Waals surface area contributed by atoms with Crippen molar-refractivity contribution in [1.29, 1.82) is 0 Å². The van der Waals surface area contributed by atoms with E-state index < -0.39 is 0 Å². The first-order chi connectivity index (χ1) is 10.2. The number of aryl methyl sites for hydroxylation is 1. The van der Waals surface area contributed by atoms with Gasteiger partial charge in [-0.2, -0.15) is 5.10 Å². The second-order valence-corrected chi connectivity index (χ2v) is 6.12. The van der Waals surface area contributed by atoms with Gasteiger partial charge >= 0.3 is 0 Å². The Kier molecular flexibility index (Phi) is 3.04. The number of benzene rings is 1. The van der Waals surface area contributed by atoms with Crippen molar-refractivity contribution in [3.8, 4) is 0 Å². The van der Waals surface area contributed by atoms with Crippen LogP contribution in [0.5, 0.6) is 0 Å². The summed E-state index contributed by atoms with van der Waals surface area (Å²) in [7, 11) is 0. The van der Waals surface area contributed by atoms with Crippen LogP contribution in [-0.4, -0.2) is 45.8 Å². The van der Waals surface area contributed by atoms with Crippen molar-refractivity contribution >= 4 is 38.4 Å². The van der Waals surface area contributed by atoms with Crippen molar-refractivity contribution in [2.75, 3.05) is 31.1 Å². The molecule has 1 aliphatic rings. The summed E-state index contributed by atoms with van der Waals surface area (Å²) in [6, 6.07) is 6.05. The Morgan fingerprint density at radius 2 is 2.00 bits per heavy atom. The number of nitrogens with zero attached hydrogens (tertiary/aromatic N) is 5. The predicted molar refractivity (Wildman–Crippen MR) is 85.8 cm³/mol. The molecule has 1 fully saturated rings. The van der Waals surface area contributed by atoms with E-state index in [2.05, 4.69) is 36.2 Å². The second kappa shape index (κ2) is 4.92. The van der Waals surface area contributed by atoms with Crippen LogP contribution in [0.15, 0.2) is 22.7 Å². The highest BCUT2D eigenvalue weighted by Crippen LogP contribution is 2.25. The summed E-state index contributed by atoms with van der Waals surface area (Å²) in [4.78, 5) is 11.7. The van der Waals surface area contributed by atoms with Crippen molar-refractivity contribution in [2.24, 2.45) is 0 Å². The fourth-order valence-corrected chi connectivity index (χ4v) is 3.09. The van der Waals surface area contributed by atoms with Crippen LogP contribution in [0.4, 0.5) is 5.82 Å². The Morgan fingerprint density at radius 3 is 2.81 bits per heavy atom. The van der Waals surface area contributed by atoms with E-state index in [0.717, 1.165) is 59.0 Å². The van der Waals surface area contributed by atoms with Crippen LogP contribution in [0.2, 0.25) is 0 Å². The third-order valence-corrected chi connectivity index (χ3v) is 4.21. The second-order valence-electron chi connectivity index (χ2n) is 5.20. The van der Waals surface area contributed by atoms with E-state index in [1.54, 1.807) is 0 Å². The molecule has 2 aromatic heterocycles. The monoisotopic (exact) mass is 346 g/mol. The van der Waals surface area contributed by atoms with Crippen LogP contribution in [0.25, 0.3) is 16.7 Å². The number of fused-ring (bicyclic) bond motifs is 3. The van der Waals surface area contributed by atoms with Crippen molar-refractivity contribution in [3.63, 3.8) is 0 Å². The lowest BCUT2D eigenvalue weighted by molar-refractivity contribution is 0.586. The standard InChI is InChI=1S/C14H15BrN6/c1-9-17-14-13(20-6-4-16-5-7-20)18-11-3-2-10(15)8-12(11)21(14)19-9/h2-3,8,16H,4-7H2,1H3. The number of nitrogens with one attached hydrogen (secondary N) is 1. The van der Waals surface area contributed by atoms with Crippen LogP contribution in [0.3, 0.4) is 0 Å². The zero-order valence-electron chi connectivity index (χ0n) is 11.7. The van der Waals surface area contributed by atoms with Gasteiger partial charge in [0, 0.05) is 30.7 Å². The highest BCUT2D eigenvalue weighted by Gasteiger charge is 2.19. The summed E-state index contributed by atoms with van der Waals surface area (Å²) in [6.07, 6.45) is 0. The highest BCUT2D eigenvalue weighted by atomic mass is 79.9. The summed E-state index contributed by atoms with van der Waals surface area (Å²) < 4.78 is 2.92. The van der Waals surface area contributed by atoms with Crippen LogP contribution < -0.4 is 10.2 Å². The van der Waals surface area contributed by atoms with E-state index in [4.69, 9.17) is 4.98 Å². The average Bonchev–Trinajstić information content (AvgIpc) is 2.89. The van der Waals surface area contributed by atoms with Gasteiger partial charge in [0.15, 0.2) is 11.5 Å². The molecular formula is C14H15BrN6. The molecule has 4 rings (SSSR count). The maximum absolute atomic E-state index is 4.84. The molecule has 21 heavy (non-hydrogen) atoms. The van der Waals surface area contributed by atoms with Gasteiger partial charge in [0.2, 0.25) is 0 Å². The van der Waals surface area contributed by atoms with Crippen molar-refractivity contribution in [3.05, 3.63) is 28.5 Å². The number of aromatic nitrogens is 4. The topological polar surface area (TPSA) is 58.4 Å². The molecule has 1 saturated heterocycles. The van der Waals surface area contributed by atoms with E-state index in [9.17, 15) is 0 Å². The third-order valence-electron chi connectivity index (χ3n) is 3.72. The number of hydrogen-bond donors (Lipinski definition) is 1. The smallest absolute Gasteiger partial charge is 0.199 e. The lowest BCUT2D eigenvalue weighted by atomic mass is 10.3. The molecule has 0 bridgehead atoms. The maximum atomic E-state index is 4.84. The van der Waals surface area contributed by atoms with Gasteiger partial charge in [-0.15, -0.1) is 0 Å². The third kappa shape index (κ3) is 2.16. The molecule has 1 aliphatic heterocycles. The van der Waals surface area contributed by atoms with E-state index >= 15 is 0 Å². The first-order valence-electron chi connectivity index (χ1n) is 7.01. The van der Waals surface area contributed by atoms with E-state index in [1.807, 2.05) is 29.6 Å².